The monoisotopic (exact) mass is 333 g/mol. The number of rotatable bonds is 6. The zero-order valence-electron chi connectivity index (χ0n) is 14.0. The summed E-state index contributed by atoms with van der Waals surface area (Å²) in [6.07, 6.45) is 0.761. The fourth-order valence-corrected chi connectivity index (χ4v) is 3.78. The second-order valence-electron chi connectivity index (χ2n) is 5.53. The second-order valence-corrected chi connectivity index (χ2v) is 7.29. The Hall–Kier alpha value is -1.85. The molecule has 0 bridgehead atoms. The van der Waals surface area contributed by atoms with Gasteiger partial charge in [0.15, 0.2) is 0 Å². The molecule has 1 N–H and O–H groups in total. The summed E-state index contributed by atoms with van der Waals surface area (Å²) in [7, 11) is -1.81. The molecule has 0 aliphatic carbocycles. The van der Waals surface area contributed by atoms with Gasteiger partial charge in [-0.15, -0.1) is 0 Å². The van der Waals surface area contributed by atoms with Crippen molar-refractivity contribution >= 4 is 10.0 Å². The van der Waals surface area contributed by atoms with E-state index in [1.165, 1.54) is 0 Å². The standard InChI is InChI=1S/C18H23NO3S/c1-5-11-19-23(20,21)15-9-10-16(14(3)12-15)18-13(2)7-6-8-17(18)22-4/h6-10,12,19H,5,11H2,1-4H3. The molecule has 0 heterocycles. The summed E-state index contributed by atoms with van der Waals surface area (Å²) in [5.74, 6) is 0.785. The van der Waals surface area contributed by atoms with Gasteiger partial charge in [-0.25, -0.2) is 13.1 Å². The highest BCUT2D eigenvalue weighted by molar-refractivity contribution is 7.89. The lowest BCUT2D eigenvalue weighted by atomic mass is 9.96. The summed E-state index contributed by atoms with van der Waals surface area (Å²) in [6.45, 7) is 6.31. The normalized spacial score (nSPS) is 11.5. The Morgan fingerprint density at radius 1 is 1.09 bits per heavy atom. The van der Waals surface area contributed by atoms with Crippen LogP contribution in [0.25, 0.3) is 11.1 Å². The molecule has 0 spiro atoms. The number of methoxy groups -OCH3 is 1. The fraction of sp³-hybridized carbons (Fsp3) is 0.333. The minimum absolute atomic E-state index is 0.291. The van der Waals surface area contributed by atoms with E-state index in [1.54, 1.807) is 19.2 Å². The van der Waals surface area contributed by atoms with Gasteiger partial charge in [0.25, 0.3) is 0 Å². The zero-order chi connectivity index (χ0) is 17.0. The highest BCUT2D eigenvalue weighted by atomic mass is 32.2. The molecule has 4 nitrogen and oxygen atoms in total. The Morgan fingerprint density at radius 3 is 2.43 bits per heavy atom. The highest BCUT2D eigenvalue weighted by Gasteiger charge is 2.17. The first-order chi connectivity index (χ1) is 10.9. The first-order valence-corrected chi connectivity index (χ1v) is 9.13. The van der Waals surface area contributed by atoms with E-state index in [0.717, 1.165) is 34.4 Å². The number of benzene rings is 2. The topological polar surface area (TPSA) is 55.4 Å². The maximum absolute atomic E-state index is 12.2. The van der Waals surface area contributed by atoms with Crippen molar-refractivity contribution in [3.05, 3.63) is 47.5 Å². The number of hydrogen-bond donors (Lipinski definition) is 1. The van der Waals surface area contributed by atoms with Gasteiger partial charge in [-0.05, 0) is 55.2 Å². The average Bonchev–Trinajstić information content (AvgIpc) is 2.53. The van der Waals surface area contributed by atoms with Crippen molar-refractivity contribution in [2.24, 2.45) is 0 Å². The van der Waals surface area contributed by atoms with Crippen molar-refractivity contribution in [1.29, 1.82) is 0 Å². The Kier molecular flexibility index (Phi) is 5.44. The van der Waals surface area contributed by atoms with Crippen LogP contribution in [0.5, 0.6) is 5.75 Å². The van der Waals surface area contributed by atoms with Crippen LogP contribution in [0.3, 0.4) is 0 Å². The van der Waals surface area contributed by atoms with Crippen molar-refractivity contribution in [1.82, 2.24) is 4.72 Å². The fourth-order valence-electron chi connectivity index (χ4n) is 2.56. The van der Waals surface area contributed by atoms with Gasteiger partial charge in [0.1, 0.15) is 5.75 Å². The van der Waals surface area contributed by atoms with Crippen LogP contribution in [0, 0.1) is 13.8 Å². The minimum Gasteiger partial charge on any atom is -0.496 e. The van der Waals surface area contributed by atoms with E-state index in [9.17, 15) is 8.42 Å². The Balaban J connectivity index is 2.50. The zero-order valence-corrected chi connectivity index (χ0v) is 14.8. The van der Waals surface area contributed by atoms with Gasteiger partial charge in [-0.2, -0.15) is 0 Å². The molecular formula is C18H23NO3S. The van der Waals surface area contributed by atoms with Gasteiger partial charge in [0.2, 0.25) is 10.0 Å². The van der Waals surface area contributed by atoms with Crippen LogP contribution in [0.1, 0.15) is 24.5 Å². The average molecular weight is 333 g/mol. The van der Waals surface area contributed by atoms with Crippen molar-refractivity contribution in [2.45, 2.75) is 32.1 Å². The molecule has 0 saturated carbocycles. The van der Waals surface area contributed by atoms with E-state index in [0.29, 0.717) is 11.4 Å². The SMILES string of the molecule is CCCNS(=O)(=O)c1ccc(-c2c(C)cccc2OC)c(C)c1. The largest absolute Gasteiger partial charge is 0.496 e. The third kappa shape index (κ3) is 3.74. The summed E-state index contributed by atoms with van der Waals surface area (Å²) in [5.41, 5.74) is 3.97. The molecule has 0 aliphatic rings. The van der Waals surface area contributed by atoms with E-state index in [-0.39, 0.29) is 0 Å². The summed E-state index contributed by atoms with van der Waals surface area (Å²) in [5, 5.41) is 0. The van der Waals surface area contributed by atoms with Crippen LogP contribution in [-0.2, 0) is 10.0 Å². The molecule has 0 aromatic heterocycles. The maximum atomic E-state index is 12.2. The molecule has 0 radical (unpaired) electrons. The third-order valence-corrected chi connectivity index (χ3v) is 5.23. The van der Waals surface area contributed by atoms with Crippen LogP contribution in [0.4, 0.5) is 0 Å². The van der Waals surface area contributed by atoms with Gasteiger partial charge in [-0.3, -0.25) is 0 Å². The van der Waals surface area contributed by atoms with Crippen LogP contribution in [-0.4, -0.2) is 22.1 Å². The van der Waals surface area contributed by atoms with E-state index in [2.05, 4.69) is 4.72 Å². The molecule has 0 fully saturated rings. The van der Waals surface area contributed by atoms with Crippen LogP contribution >= 0.6 is 0 Å². The molecule has 124 valence electrons. The summed E-state index contributed by atoms with van der Waals surface area (Å²) < 4.78 is 32.5. The van der Waals surface area contributed by atoms with Crippen LogP contribution in [0.2, 0.25) is 0 Å². The molecule has 2 rings (SSSR count). The number of hydrogen-bond acceptors (Lipinski definition) is 3. The van der Waals surface area contributed by atoms with E-state index in [4.69, 9.17) is 4.74 Å². The van der Waals surface area contributed by atoms with Crippen molar-refractivity contribution in [3.8, 4) is 16.9 Å². The lowest BCUT2D eigenvalue weighted by Gasteiger charge is -2.15. The summed E-state index contributed by atoms with van der Waals surface area (Å²) in [4.78, 5) is 0.291. The van der Waals surface area contributed by atoms with Crippen molar-refractivity contribution < 1.29 is 13.2 Å². The molecule has 2 aromatic carbocycles. The molecule has 0 amide bonds. The third-order valence-electron chi connectivity index (χ3n) is 3.77. The smallest absolute Gasteiger partial charge is 0.240 e. The first-order valence-electron chi connectivity index (χ1n) is 7.65. The van der Waals surface area contributed by atoms with Gasteiger partial charge in [0.05, 0.1) is 12.0 Å². The van der Waals surface area contributed by atoms with Crippen molar-refractivity contribution in [3.63, 3.8) is 0 Å². The lowest BCUT2D eigenvalue weighted by molar-refractivity contribution is 0.416. The van der Waals surface area contributed by atoms with Crippen molar-refractivity contribution in [2.75, 3.05) is 13.7 Å². The predicted molar refractivity (Wildman–Crippen MR) is 93.4 cm³/mol. The first kappa shape index (κ1) is 17.5. The number of aryl methyl sites for hydroxylation is 2. The maximum Gasteiger partial charge on any atom is 0.240 e. The summed E-state index contributed by atoms with van der Waals surface area (Å²) >= 11 is 0. The van der Waals surface area contributed by atoms with Gasteiger partial charge < -0.3 is 4.74 Å². The van der Waals surface area contributed by atoms with E-state index >= 15 is 0 Å². The molecule has 23 heavy (non-hydrogen) atoms. The Labute approximate surface area is 138 Å². The van der Waals surface area contributed by atoms with Crippen LogP contribution < -0.4 is 9.46 Å². The Morgan fingerprint density at radius 2 is 1.83 bits per heavy atom. The lowest BCUT2D eigenvalue weighted by Crippen LogP contribution is -2.24. The molecule has 0 atom stereocenters. The molecular weight excluding hydrogens is 310 g/mol. The molecule has 2 aromatic rings. The van der Waals surface area contributed by atoms with Gasteiger partial charge in [-0.1, -0.05) is 25.1 Å². The second kappa shape index (κ2) is 7.15. The molecule has 5 heteroatoms. The van der Waals surface area contributed by atoms with Gasteiger partial charge in [0, 0.05) is 12.1 Å². The molecule has 0 aliphatic heterocycles. The quantitative estimate of drug-likeness (QED) is 0.877. The number of sulfonamides is 1. The highest BCUT2D eigenvalue weighted by Crippen LogP contribution is 2.35. The summed E-state index contributed by atoms with van der Waals surface area (Å²) in [6, 6.07) is 11.1. The van der Waals surface area contributed by atoms with E-state index in [1.807, 2.05) is 45.0 Å². The van der Waals surface area contributed by atoms with Gasteiger partial charge >= 0.3 is 0 Å². The molecule has 0 saturated heterocycles. The van der Waals surface area contributed by atoms with E-state index < -0.39 is 10.0 Å². The predicted octanol–water partition coefficient (Wildman–Crippen LogP) is 3.67. The Bertz CT molecular complexity index is 798. The van der Waals surface area contributed by atoms with Crippen LogP contribution in [0.15, 0.2) is 41.3 Å². The number of ether oxygens (including phenoxy) is 1. The minimum atomic E-state index is -3.45. The number of nitrogens with one attached hydrogen (secondary N) is 1. The molecule has 0 unspecified atom stereocenters.